The summed E-state index contributed by atoms with van der Waals surface area (Å²) in [6.45, 7) is 1.53. The summed E-state index contributed by atoms with van der Waals surface area (Å²) >= 11 is 6.80. The van der Waals surface area contributed by atoms with E-state index in [1.54, 1.807) is 6.07 Å². The van der Waals surface area contributed by atoms with Crippen molar-refractivity contribution in [3.63, 3.8) is 0 Å². The van der Waals surface area contributed by atoms with E-state index in [2.05, 4.69) is 15.0 Å². The summed E-state index contributed by atoms with van der Waals surface area (Å²) < 4.78 is 23.0. The van der Waals surface area contributed by atoms with Gasteiger partial charge in [-0.1, -0.05) is 11.6 Å². The second-order valence-corrected chi connectivity index (χ2v) is 9.57. The van der Waals surface area contributed by atoms with Crippen molar-refractivity contribution < 1.29 is 23.8 Å². The third-order valence-electron chi connectivity index (χ3n) is 6.20. The maximum absolute atomic E-state index is 13.5. The number of fused-ring (bicyclic) bond motifs is 3. The molecule has 0 saturated heterocycles. The zero-order valence-electron chi connectivity index (χ0n) is 16.9. The second kappa shape index (κ2) is 8.37. The highest BCUT2D eigenvalue weighted by atomic mass is 35.5. The van der Waals surface area contributed by atoms with Crippen molar-refractivity contribution in [2.24, 2.45) is 0 Å². The van der Waals surface area contributed by atoms with Crippen LogP contribution in [0.5, 0.6) is 5.75 Å². The molecule has 3 saturated carbocycles. The Labute approximate surface area is 188 Å². The average molecular weight is 468 g/mol. The number of benzene rings is 1. The maximum Gasteiger partial charge on any atom is 0.263 e. The fourth-order valence-corrected chi connectivity index (χ4v) is 5.23. The summed E-state index contributed by atoms with van der Waals surface area (Å²) in [5, 5.41) is 16.8. The second-order valence-electron chi connectivity index (χ2n) is 8.36. The molecule has 1 atom stereocenters. The number of ether oxygens (including phenoxy) is 1. The van der Waals surface area contributed by atoms with E-state index < -0.39 is 28.9 Å². The Kier molecular flexibility index (Phi) is 5.93. The van der Waals surface area contributed by atoms with Crippen LogP contribution in [0, 0.1) is 12.7 Å². The van der Waals surface area contributed by atoms with Crippen molar-refractivity contribution in [3.8, 4) is 5.75 Å². The van der Waals surface area contributed by atoms with Crippen LogP contribution in [0.1, 0.15) is 47.5 Å². The lowest BCUT2D eigenvalue weighted by molar-refractivity contribution is -0.132. The van der Waals surface area contributed by atoms with E-state index in [-0.39, 0.29) is 23.3 Å². The lowest BCUT2D eigenvalue weighted by Gasteiger charge is -2.56. The lowest BCUT2D eigenvalue weighted by Crippen LogP contribution is -2.70. The molecule has 7 nitrogen and oxygen atoms in total. The number of aliphatic hydroxyl groups excluding tert-OH is 1. The summed E-state index contributed by atoms with van der Waals surface area (Å²) in [5.74, 6) is -1.00. The predicted molar refractivity (Wildman–Crippen MR) is 114 cm³/mol. The minimum Gasteiger partial charge on any atom is -0.484 e. The molecule has 166 valence electrons. The molecule has 0 spiro atoms. The van der Waals surface area contributed by atoms with E-state index >= 15 is 0 Å². The van der Waals surface area contributed by atoms with Crippen molar-refractivity contribution in [3.05, 3.63) is 45.7 Å². The van der Waals surface area contributed by atoms with Gasteiger partial charge >= 0.3 is 0 Å². The van der Waals surface area contributed by atoms with Crippen molar-refractivity contribution in [2.75, 3.05) is 6.61 Å². The van der Waals surface area contributed by atoms with Gasteiger partial charge in [0.15, 0.2) is 6.61 Å². The highest BCUT2D eigenvalue weighted by molar-refractivity contribution is 7.08. The van der Waals surface area contributed by atoms with Crippen LogP contribution in [0.2, 0.25) is 5.02 Å². The Morgan fingerprint density at radius 3 is 2.65 bits per heavy atom. The number of hydrogen-bond donors (Lipinski definition) is 3. The third-order valence-corrected chi connectivity index (χ3v) is 7.39. The van der Waals surface area contributed by atoms with Gasteiger partial charge in [0.25, 0.3) is 11.8 Å². The first-order valence-electron chi connectivity index (χ1n) is 10.0. The number of hydrogen-bond acceptors (Lipinski definition) is 6. The molecule has 0 radical (unpaired) electrons. The highest BCUT2D eigenvalue weighted by Gasteiger charge is 2.55. The molecule has 0 aliphatic heterocycles. The quantitative estimate of drug-likeness (QED) is 0.606. The number of aromatic nitrogens is 1. The van der Waals surface area contributed by atoms with Crippen LogP contribution in [-0.2, 0) is 4.79 Å². The molecule has 0 unspecified atom stereocenters. The normalized spacial score (nSPS) is 27.0. The van der Waals surface area contributed by atoms with Crippen LogP contribution in [0.3, 0.4) is 0 Å². The summed E-state index contributed by atoms with van der Waals surface area (Å²) in [5.41, 5.74) is -0.442. The minimum atomic E-state index is -0.796. The molecule has 31 heavy (non-hydrogen) atoms. The topological polar surface area (TPSA) is 101 Å². The number of aryl methyl sites for hydroxylation is 1. The van der Waals surface area contributed by atoms with Crippen LogP contribution in [-0.4, -0.2) is 45.1 Å². The minimum absolute atomic E-state index is 0.0238. The van der Waals surface area contributed by atoms with E-state index in [4.69, 9.17) is 16.3 Å². The SMILES string of the molecule is Cc1cc(C(=O)NC23CCC(NC(=O)COc4ccc(Cl)c(F)c4)(CC2)[C@@H](O)C3)sn1. The van der Waals surface area contributed by atoms with Crippen LogP contribution >= 0.6 is 23.1 Å². The van der Waals surface area contributed by atoms with Gasteiger partial charge in [0.1, 0.15) is 16.4 Å². The summed E-state index contributed by atoms with van der Waals surface area (Å²) in [4.78, 5) is 25.6. The Balaban J connectivity index is 1.34. The van der Waals surface area contributed by atoms with Gasteiger partial charge in [-0.05, 0) is 68.8 Å². The number of nitrogens with zero attached hydrogens (tertiary/aromatic N) is 1. The fourth-order valence-electron chi connectivity index (χ4n) is 4.46. The third kappa shape index (κ3) is 4.53. The standard InChI is InChI=1S/C21H23ClFN3O4S/c1-12-8-16(31-26-12)19(29)25-20-4-6-21(7-5-20,17(27)10-20)24-18(28)11-30-13-2-3-14(22)15(23)9-13/h2-3,8-9,17,27H,4-7,10-11H2,1H3,(H,24,28)(H,25,29)/t17-,20?,21?/m0/s1. The molecule has 5 rings (SSSR count). The van der Waals surface area contributed by atoms with Crippen molar-refractivity contribution in [2.45, 2.75) is 56.2 Å². The van der Waals surface area contributed by atoms with Crippen LogP contribution < -0.4 is 15.4 Å². The number of nitrogens with one attached hydrogen (secondary N) is 2. The smallest absolute Gasteiger partial charge is 0.263 e. The molecule has 1 aromatic carbocycles. The Morgan fingerprint density at radius 2 is 2.03 bits per heavy atom. The molecule has 3 aliphatic rings. The van der Waals surface area contributed by atoms with Gasteiger partial charge in [-0.3, -0.25) is 9.59 Å². The maximum atomic E-state index is 13.5. The van der Waals surface area contributed by atoms with Crippen LogP contribution in [0.15, 0.2) is 24.3 Å². The van der Waals surface area contributed by atoms with Gasteiger partial charge in [-0.2, -0.15) is 4.37 Å². The molecule has 3 aliphatic carbocycles. The van der Waals surface area contributed by atoms with E-state index in [0.29, 0.717) is 37.0 Å². The van der Waals surface area contributed by atoms with Crippen molar-refractivity contribution in [1.82, 2.24) is 15.0 Å². The van der Waals surface area contributed by atoms with Gasteiger partial charge < -0.3 is 20.5 Å². The van der Waals surface area contributed by atoms with E-state index in [1.165, 1.54) is 12.1 Å². The predicted octanol–water partition coefficient (Wildman–Crippen LogP) is 2.99. The number of carbonyl (C=O) groups is 2. The first-order valence-corrected chi connectivity index (χ1v) is 11.2. The monoisotopic (exact) mass is 467 g/mol. The van der Waals surface area contributed by atoms with Crippen molar-refractivity contribution in [1.29, 1.82) is 0 Å². The summed E-state index contributed by atoms with van der Waals surface area (Å²) in [6, 6.07) is 5.70. The molecule has 1 heterocycles. The molecule has 3 N–H and O–H groups in total. The van der Waals surface area contributed by atoms with Gasteiger partial charge in [0.2, 0.25) is 0 Å². The number of halogens is 2. The zero-order valence-corrected chi connectivity index (χ0v) is 18.5. The number of amides is 2. The van der Waals surface area contributed by atoms with Gasteiger partial charge in [0.05, 0.1) is 22.4 Å². The van der Waals surface area contributed by atoms with E-state index in [1.807, 2.05) is 6.92 Å². The molecule has 2 aromatic rings. The number of aliphatic hydroxyl groups is 1. The van der Waals surface area contributed by atoms with E-state index in [0.717, 1.165) is 23.3 Å². The van der Waals surface area contributed by atoms with Gasteiger partial charge in [-0.15, -0.1) is 0 Å². The van der Waals surface area contributed by atoms with Gasteiger partial charge in [-0.25, -0.2) is 4.39 Å². The molecule has 3 fully saturated rings. The van der Waals surface area contributed by atoms with Crippen LogP contribution in [0.4, 0.5) is 4.39 Å². The van der Waals surface area contributed by atoms with E-state index in [9.17, 15) is 19.1 Å². The zero-order chi connectivity index (χ0) is 22.2. The summed E-state index contributed by atoms with van der Waals surface area (Å²) in [6.07, 6.45) is 1.94. The lowest BCUT2D eigenvalue weighted by atomic mass is 9.60. The summed E-state index contributed by atoms with van der Waals surface area (Å²) in [7, 11) is 0. The Morgan fingerprint density at radius 1 is 1.29 bits per heavy atom. The number of carbonyl (C=O) groups excluding carboxylic acids is 2. The van der Waals surface area contributed by atoms with Gasteiger partial charge in [0, 0.05) is 11.6 Å². The first kappa shape index (κ1) is 22.0. The molecular formula is C21H23ClFN3O4S. The molecule has 1 aromatic heterocycles. The molecule has 10 heteroatoms. The average Bonchev–Trinajstić information content (AvgIpc) is 3.17. The Bertz CT molecular complexity index is 1010. The Hall–Kier alpha value is -2.23. The fraction of sp³-hybridized carbons (Fsp3) is 0.476. The molecular weight excluding hydrogens is 445 g/mol. The highest BCUT2D eigenvalue weighted by Crippen LogP contribution is 2.47. The number of rotatable bonds is 6. The molecule has 2 amide bonds. The van der Waals surface area contributed by atoms with Crippen molar-refractivity contribution >= 4 is 34.9 Å². The first-order chi connectivity index (χ1) is 14.7. The van der Waals surface area contributed by atoms with Crippen LogP contribution in [0.25, 0.3) is 0 Å². The molecule has 2 bridgehead atoms. The largest absolute Gasteiger partial charge is 0.484 e.